The third kappa shape index (κ3) is 3.85. The molecule has 6 heteroatoms. The molecule has 3 heterocycles. The van der Waals surface area contributed by atoms with E-state index in [1.54, 1.807) is 13.3 Å². The summed E-state index contributed by atoms with van der Waals surface area (Å²) in [6.45, 7) is 0.761. The first-order valence-corrected chi connectivity index (χ1v) is 11.4. The van der Waals surface area contributed by atoms with Gasteiger partial charge in [-0.3, -0.25) is 9.78 Å². The molecule has 0 radical (unpaired) electrons. The van der Waals surface area contributed by atoms with Crippen molar-refractivity contribution in [2.24, 2.45) is 5.92 Å². The van der Waals surface area contributed by atoms with Gasteiger partial charge in [0.2, 0.25) is 5.91 Å². The van der Waals surface area contributed by atoms with Gasteiger partial charge in [-0.2, -0.15) is 0 Å². The number of ether oxygens (including phenoxy) is 1. The number of aliphatic hydroxyl groups excluding tert-OH is 1. The summed E-state index contributed by atoms with van der Waals surface area (Å²) in [5, 5.41) is 10.2. The Hall–Kier alpha value is -3.38. The van der Waals surface area contributed by atoms with Crippen molar-refractivity contribution in [1.29, 1.82) is 0 Å². The molecule has 2 aliphatic rings. The maximum absolute atomic E-state index is 13.4. The number of rotatable bonds is 5. The average Bonchev–Trinajstić information content (AvgIpc) is 3.30. The maximum atomic E-state index is 13.4. The minimum absolute atomic E-state index is 0.0120. The minimum atomic E-state index is -0.0530. The lowest BCUT2D eigenvalue weighted by molar-refractivity contribution is -0.132. The Kier molecular flexibility index (Phi) is 5.77. The Bertz CT molecular complexity index is 1130. The normalized spacial score (nSPS) is 21.5. The zero-order valence-corrected chi connectivity index (χ0v) is 19.0. The van der Waals surface area contributed by atoms with E-state index in [1.165, 1.54) is 0 Å². The number of likely N-dealkylation sites (N-methyl/N-ethyl adjacent to an activating group) is 1. The number of nitrogens with zero attached hydrogens (tertiary/aromatic N) is 3. The number of amides is 1. The maximum Gasteiger partial charge on any atom is 0.229 e. The van der Waals surface area contributed by atoms with Gasteiger partial charge in [0.05, 0.1) is 32.2 Å². The highest BCUT2D eigenvalue weighted by Crippen LogP contribution is 2.49. The van der Waals surface area contributed by atoms with Crippen molar-refractivity contribution < 1.29 is 14.6 Å². The Balaban J connectivity index is 1.53. The number of carbonyl (C=O) groups excluding carboxylic acids is 1. The van der Waals surface area contributed by atoms with Crippen LogP contribution in [0.25, 0.3) is 11.1 Å². The fourth-order valence-corrected chi connectivity index (χ4v) is 5.46. The second-order valence-electron chi connectivity index (χ2n) is 8.85. The molecule has 0 saturated carbocycles. The molecule has 1 N–H and O–H groups in total. The fraction of sp³-hybridized carbons (Fsp3) is 0.333. The summed E-state index contributed by atoms with van der Waals surface area (Å²) >= 11 is 0. The summed E-state index contributed by atoms with van der Waals surface area (Å²) in [5.41, 5.74) is 5.21. The Morgan fingerprint density at radius 1 is 1.12 bits per heavy atom. The van der Waals surface area contributed by atoms with Crippen LogP contribution in [0.4, 0.5) is 5.69 Å². The van der Waals surface area contributed by atoms with Gasteiger partial charge >= 0.3 is 0 Å². The molecule has 3 aromatic rings. The summed E-state index contributed by atoms with van der Waals surface area (Å²) in [6.07, 6.45) is 2.89. The molecule has 1 amide bonds. The van der Waals surface area contributed by atoms with E-state index >= 15 is 0 Å². The van der Waals surface area contributed by atoms with Gasteiger partial charge in [0, 0.05) is 37.1 Å². The van der Waals surface area contributed by atoms with Gasteiger partial charge in [0.15, 0.2) is 0 Å². The Labute approximate surface area is 194 Å². The number of aromatic nitrogens is 1. The Morgan fingerprint density at radius 2 is 1.91 bits per heavy atom. The van der Waals surface area contributed by atoms with Crippen LogP contribution < -0.4 is 9.64 Å². The summed E-state index contributed by atoms with van der Waals surface area (Å²) in [6, 6.07) is 20.1. The van der Waals surface area contributed by atoms with E-state index in [2.05, 4.69) is 40.2 Å². The van der Waals surface area contributed by atoms with Gasteiger partial charge in [0.1, 0.15) is 5.75 Å². The standard InChI is InChI=1S/C27H29N3O3/c1-29-24-11-8-19(18-6-9-21(33-2)10-7-18)15-23(24)27-22(25(29)17-31)12-14-30(27)26(32)16-20-5-3-4-13-28-20/h3-11,13,15,22,25,27,31H,12,14,16-17H2,1-2H3/t22-,25+,27-/m0/s1. The fourth-order valence-electron chi connectivity index (χ4n) is 5.46. The number of likely N-dealkylation sites (tertiary alicyclic amines) is 1. The first kappa shape index (κ1) is 21.5. The number of methoxy groups -OCH3 is 1. The molecular weight excluding hydrogens is 414 g/mol. The van der Waals surface area contributed by atoms with E-state index in [-0.39, 0.29) is 36.9 Å². The van der Waals surface area contributed by atoms with Crippen LogP contribution in [0.5, 0.6) is 5.75 Å². The first-order valence-electron chi connectivity index (χ1n) is 11.4. The SMILES string of the molecule is COc1ccc(-c2ccc3c(c2)[C@@H]2[C@@H](CCN2C(=O)Cc2ccccn2)[C@@H](CO)N3C)cc1. The number of fused-ring (bicyclic) bond motifs is 3. The van der Waals surface area contributed by atoms with Crippen molar-refractivity contribution >= 4 is 11.6 Å². The molecule has 0 unspecified atom stereocenters. The number of benzene rings is 2. The number of carbonyl (C=O) groups is 1. The molecule has 6 nitrogen and oxygen atoms in total. The predicted octanol–water partition coefficient (Wildman–Crippen LogP) is 3.70. The van der Waals surface area contributed by atoms with Crippen LogP contribution in [0.3, 0.4) is 0 Å². The summed E-state index contributed by atoms with van der Waals surface area (Å²) in [7, 11) is 3.71. The molecule has 33 heavy (non-hydrogen) atoms. The van der Waals surface area contributed by atoms with Crippen LogP contribution >= 0.6 is 0 Å². The lowest BCUT2D eigenvalue weighted by Gasteiger charge is -2.44. The minimum Gasteiger partial charge on any atom is -0.497 e. The average molecular weight is 444 g/mol. The van der Waals surface area contributed by atoms with E-state index in [1.807, 2.05) is 42.3 Å². The van der Waals surface area contributed by atoms with Crippen LogP contribution in [-0.4, -0.2) is 54.2 Å². The molecule has 170 valence electrons. The third-order valence-corrected chi connectivity index (χ3v) is 7.15. The van der Waals surface area contributed by atoms with E-state index in [9.17, 15) is 9.90 Å². The number of pyridine rings is 1. The second kappa shape index (κ2) is 8.87. The topological polar surface area (TPSA) is 65.9 Å². The highest BCUT2D eigenvalue weighted by Gasteiger charge is 2.47. The monoisotopic (exact) mass is 443 g/mol. The van der Waals surface area contributed by atoms with Crippen molar-refractivity contribution in [3.05, 3.63) is 78.1 Å². The molecule has 5 rings (SSSR count). The van der Waals surface area contributed by atoms with Crippen LogP contribution in [0.2, 0.25) is 0 Å². The zero-order valence-electron chi connectivity index (χ0n) is 19.0. The number of anilines is 1. The van der Waals surface area contributed by atoms with Gasteiger partial charge in [-0.25, -0.2) is 0 Å². The number of hydrogen-bond acceptors (Lipinski definition) is 5. The molecule has 1 fully saturated rings. The lowest BCUT2D eigenvalue weighted by Crippen LogP contribution is -2.48. The molecular formula is C27H29N3O3. The molecule has 2 aromatic carbocycles. The van der Waals surface area contributed by atoms with Gasteiger partial charge < -0.3 is 19.6 Å². The van der Waals surface area contributed by atoms with Crippen LogP contribution in [0.15, 0.2) is 66.9 Å². The van der Waals surface area contributed by atoms with Crippen molar-refractivity contribution in [2.75, 3.05) is 32.2 Å². The molecule has 3 atom stereocenters. The van der Waals surface area contributed by atoms with E-state index in [0.717, 1.165) is 40.2 Å². The molecule has 1 saturated heterocycles. The lowest BCUT2D eigenvalue weighted by atomic mass is 9.81. The largest absolute Gasteiger partial charge is 0.497 e. The Morgan fingerprint density at radius 3 is 2.61 bits per heavy atom. The van der Waals surface area contributed by atoms with E-state index < -0.39 is 0 Å². The zero-order chi connectivity index (χ0) is 22.9. The van der Waals surface area contributed by atoms with E-state index in [4.69, 9.17) is 4.74 Å². The van der Waals surface area contributed by atoms with E-state index in [0.29, 0.717) is 6.54 Å². The van der Waals surface area contributed by atoms with Crippen molar-refractivity contribution in [3.63, 3.8) is 0 Å². The summed E-state index contributed by atoms with van der Waals surface area (Å²) < 4.78 is 5.30. The quantitative estimate of drug-likeness (QED) is 0.651. The van der Waals surface area contributed by atoms with Crippen molar-refractivity contribution in [1.82, 2.24) is 9.88 Å². The van der Waals surface area contributed by atoms with Crippen molar-refractivity contribution in [2.45, 2.75) is 24.9 Å². The highest BCUT2D eigenvalue weighted by molar-refractivity contribution is 5.80. The third-order valence-electron chi connectivity index (χ3n) is 7.15. The van der Waals surface area contributed by atoms with Crippen LogP contribution in [0, 0.1) is 5.92 Å². The molecule has 2 aliphatic heterocycles. The van der Waals surface area contributed by atoms with Gasteiger partial charge in [-0.05, 0) is 59.5 Å². The molecule has 0 spiro atoms. The van der Waals surface area contributed by atoms with Gasteiger partial charge in [0.25, 0.3) is 0 Å². The van der Waals surface area contributed by atoms with Gasteiger partial charge in [-0.1, -0.05) is 24.3 Å². The summed E-state index contributed by atoms with van der Waals surface area (Å²) in [5.74, 6) is 1.10. The van der Waals surface area contributed by atoms with Crippen molar-refractivity contribution in [3.8, 4) is 16.9 Å². The summed E-state index contributed by atoms with van der Waals surface area (Å²) in [4.78, 5) is 21.9. The first-order chi connectivity index (χ1) is 16.1. The smallest absolute Gasteiger partial charge is 0.229 e. The van der Waals surface area contributed by atoms with Gasteiger partial charge in [-0.15, -0.1) is 0 Å². The highest BCUT2D eigenvalue weighted by atomic mass is 16.5. The predicted molar refractivity (Wildman–Crippen MR) is 128 cm³/mol. The van der Waals surface area contributed by atoms with Crippen LogP contribution in [-0.2, 0) is 11.2 Å². The second-order valence-corrected chi connectivity index (χ2v) is 8.85. The molecule has 0 bridgehead atoms. The van der Waals surface area contributed by atoms with Crippen LogP contribution in [0.1, 0.15) is 23.7 Å². The number of hydrogen-bond donors (Lipinski definition) is 1. The number of aliphatic hydroxyl groups is 1. The molecule has 1 aromatic heterocycles. The molecule has 0 aliphatic carbocycles.